The quantitative estimate of drug-likeness (QED) is 0.838. The van der Waals surface area contributed by atoms with Crippen molar-refractivity contribution in [3.63, 3.8) is 0 Å². The van der Waals surface area contributed by atoms with Crippen molar-refractivity contribution in [3.05, 3.63) is 53.1 Å². The predicted octanol–water partition coefficient (Wildman–Crippen LogP) is 4.71. The molecule has 0 bridgehead atoms. The molecule has 0 saturated heterocycles. The maximum atomic E-state index is 5.81. The van der Waals surface area contributed by atoms with E-state index in [9.17, 15) is 0 Å². The number of benzene rings is 2. The highest BCUT2D eigenvalue weighted by Gasteiger charge is 2.07. The predicted molar refractivity (Wildman–Crippen MR) is 92.0 cm³/mol. The van der Waals surface area contributed by atoms with Crippen LogP contribution in [-0.2, 0) is 6.54 Å². The van der Waals surface area contributed by atoms with E-state index in [2.05, 4.69) is 43.4 Å². The summed E-state index contributed by atoms with van der Waals surface area (Å²) in [7, 11) is 1.66. The molecule has 3 heteroatoms. The van der Waals surface area contributed by atoms with E-state index < -0.39 is 0 Å². The average Bonchev–Trinajstić information content (AvgIpc) is 2.44. The van der Waals surface area contributed by atoms with E-state index in [0.717, 1.165) is 29.3 Å². The highest BCUT2D eigenvalue weighted by Crippen LogP contribution is 2.29. The second-order valence-corrected chi connectivity index (χ2v) is 5.88. The number of hydrogen-bond donors (Lipinski definition) is 1. The van der Waals surface area contributed by atoms with Gasteiger partial charge in [-0.25, -0.2) is 0 Å². The molecule has 0 spiro atoms. The summed E-state index contributed by atoms with van der Waals surface area (Å²) >= 11 is 0. The normalized spacial score (nSPS) is 10.6. The van der Waals surface area contributed by atoms with Crippen LogP contribution in [0.15, 0.2) is 36.4 Å². The molecule has 0 atom stereocenters. The van der Waals surface area contributed by atoms with Crippen molar-refractivity contribution in [1.29, 1.82) is 0 Å². The molecule has 0 aliphatic carbocycles. The summed E-state index contributed by atoms with van der Waals surface area (Å²) in [4.78, 5) is 0. The molecule has 0 heterocycles. The van der Waals surface area contributed by atoms with Gasteiger partial charge in [-0.1, -0.05) is 12.1 Å². The van der Waals surface area contributed by atoms with Crippen molar-refractivity contribution < 1.29 is 9.47 Å². The zero-order valence-corrected chi connectivity index (χ0v) is 14.1. The van der Waals surface area contributed by atoms with Crippen molar-refractivity contribution in [1.82, 2.24) is 0 Å². The van der Waals surface area contributed by atoms with Crippen LogP contribution in [0.4, 0.5) is 5.69 Å². The van der Waals surface area contributed by atoms with Crippen LogP contribution in [0.1, 0.15) is 30.5 Å². The topological polar surface area (TPSA) is 30.5 Å². The van der Waals surface area contributed by atoms with Crippen LogP contribution in [0.25, 0.3) is 0 Å². The Labute approximate surface area is 133 Å². The Balaban J connectivity index is 2.12. The molecule has 3 nitrogen and oxygen atoms in total. The number of ether oxygens (including phenoxy) is 2. The number of hydrogen-bond acceptors (Lipinski definition) is 3. The van der Waals surface area contributed by atoms with Crippen molar-refractivity contribution in [2.24, 2.45) is 0 Å². The third-order valence-corrected chi connectivity index (χ3v) is 3.31. The van der Waals surface area contributed by atoms with Crippen LogP contribution in [0.2, 0.25) is 0 Å². The Morgan fingerprint density at radius 1 is 0.955 bits per heavy atom. The minimum atomic E-state index is 0.122. The van der Waals surface area contributed by atoms with E-state index in [1.807, 2.05) is 26.0 Å². The fraction of sp³-hybridized carbons (Fsp3) is 0.368. The largest absolute Gasteiger partial charge is 0.493 e. The number of rotatable bonds is 6. The second kappa shape index (κ2) is 7.21. The van der Waals surface area contributed by atoms with Crippen molar-refractivity contribution >= 4 is 5.69 Å². The van der Waals surface area contributed by atoms with Gasteiger partial charge in [0.15, 0.2) is 11.5 Å². The Morgan fingerprint density at radius 3 is 2.23 bits per heavy atom. The van der Waals surface area contributed by atoms with E-state index in [1.54, 1.807) is 7.11 Å². The summed E-state index contributed by atoms with van der Waals surface area (Å²) in [5.41, 5.74) is 4.83. The van der Waals surface area contributed by atoms with Gasteiger partial charge in [-0.05, 0) is 68.7 Å². The Hall–Kier alpha value is -2.16. The van der Waals surface area contributed by atoms with Gasteiger partial charge in [0.2, 0.25) is 0 Å². The molecular formula is C19H25NO2. The molecular weight excluding hydrogens is 274 g/mol. The minimum Gasteiger partial charge on any atom is -0.493 e. The van der Waals surface area contributed by atoms with E-state index in [0.29, 0.717) is 0 Å². The molecule has 1 N–H and O–H groups in total. The summed E-state index contributed by atoms with van der Waals surface area (Å²) in [6.45, 7) is 9.00. The molecule has 22 heavy (non-hydrogen) atoms. The summed E-state index contributed by atoms with van der Waals surface area (Å²) in [6.07, 6.45) is 0.122. The summed E-state index contributed by atoms with van der Waals surface area (Å²) in [5.74, 6) is 1.56. The van der Waals surface area contributed by atoms with Crippen LogP contribution >= 0.6 is 0 Å². The summed E-state index contributed by atoms with van der Waals surface area (Å²) in [6, 6.07) is 12.5. The van der Waals surface area contributed by atoms with Gasteiger partial charge in [-0.2, -0.15) is 0 Å². The van der Waals surface area contributed by atoms with Gasteiger partial charge >= 0.3 is 0 Å². The molecule has 0 aliphatic heterocycles. The first-order valence-corrected chi connectivity index (χ1v) is 7.63. The molecule has 2 rings (SSSR count). The van der Waals surface area contributed by atoms with Gasteiger partial charge in [0.1, 0.15) is 0 Å². The van der Waals surface area contributed by atoms with Gasteiger partial charge in [0.05, 0.1) is 13.2 Å². The molecule has 2 aromatic rings. The van der Waals surface area contributed by atoms with Crippen molar-refractivity contribution in [2.75, 3.05) is 12.4 Å². The lowest BCUT2D eigenvalue weighted by Crippen LogP contribution is -2.08. The molecule has 118 valence electrons. The van der Waals surface area contributed by atoms with Crippen molar-refractivity contribution in [2.45, 2.75) is 40.3 Å². The molecule has 0 unspecified atom stereocenters. The first-order chi connectivity index (χ1) is 10.5. The van der Waals surface area contributed by atoms with Crippen LogP contribution in [-0.4, -0.2) is 13.2 Å². The highest BCUT2D eigenvalue weighted by molar-refractivity contribution is 5.50. The SMILES string of the molecule is COc1ccc(CNc2cc(C)cc(C)c2)cc1OC(C)C. The third kappa shape index (κ3) is 4.42. The molecule has 0 saturated carbocycles. The van der Waals surface area contributed by atoms with E-state index >= 15 is 0 Å². The van der Waals surface area contributed by atoms with E-state index in [-0.39, 0.29) is 6.10 Å². The Morgan fingerprint density at radius 2 is 1.64 bits per heavy atom. The molecule has 0 amide bonds. The summed E-state index contributed by atoms with van der Waals surface area (Å²) < 4.78 is 11.2. The van der Waals surface area contributed by atoms with E-state index in [4.69, 9.17) is 9.47 Å². The molecule has 0 aliphatic rings. The molecule has 0 fully saturated rings. The van der Waals surface area contributed by atoms with Crippen LogP contribution < -0.4 is 14.8 Å². The molecule has 0 aromatic heterocycles. The van der Waals surface area contributed by atoms with Crippen LogP contribution in [0, 0.1) is 13.8 Å². The Kier molecular flexibility index (Phi) is 5.31. The maximum absolute atomic E-state index is 5.81. The lowest BCUT2D eigenvalue weighted by Gasteiger charge is -2.15. The molecule has 0 radical (unpaired) electrons. The van der Waals surface area contributed by atoms with Gasteiger partial charge in [-0.3, -0.25) is 0 Å². The van der Waals surface area contributed by atoms with Crippen LogP contribution in [0.3, 0.4) is 0 Å². The third-order valence-electron chi connectivity index (χ3n) is 3.31. The first-order valence-electron chi connectivity index (χ1n) is 7.63. The number of aryl methyl sites for hydroxylation is 2. The van der Waals surface area contributed by atoms with Crippen molar-refractivity contribution in [3.8, 4) is 11.5 Å². The van der Waals surface area contributed by atoms with Gasteiger partial charge in [-0.15, -0.1) is 0 Å². The molecule has 2 aromatic carbocycles. The fourth-order valence-electron chi connectivity index (χ4n) is 2.46. The van der Waals surface area contributed by atoms with Gasteiger partial charge < -0.3 is 14.8 Å². The summed E-state index contributed by atoms with van der Waals surface area (Å²) in [5, 5.41) is 3.46. The maximum Gasteiger partial charge on any atom is 0.161 e. The van der Waals surface area contributed by atoms with E-state index in [1.165, 1.54) is 11.1 Å². The lowest BCUT2D eigenvalue weighted by atomic mass is 10.1. The monoisotopic (exact) mass is 299 g/mol. The lowest BCUT2D eigenvalue weighted by molar-refractivity contribution is 0.230. The Bertz CT molecular complexity index is 615. The average molecular weight is 299 g/mol. The minimum absolute atomic E-state index is 0.122. The first kappa shape index (κ1) is 16.2. The zero-order chi connectivity index (χ0) is 16.1. The van der Waals surface area contributed by atoms with Gasteiger partial charge in [0.25, 0.3) is 0 Å². The zero-order valence-electron chi connectivity index (χ0n) is 14.1. The number of methoxy groups -OCH3 is 1. The fourth-order valence-corrected chi connectivity index (χ4v) is 2.46. The second-order valence-electron chi connectivity index (χ2n) is 5.88. The number of nitrogens with one attached hydrogen (secondary N) is 1. The van der Waals surface area contributed by atoms with Crippen LogP contribution in [0.5, 0.6) is 11.5 Å². The highest BCUT2D eigenvalue weighted by atomic mass is 16.5. The van der Waals surface area contributed by atoms with Gasteiger partial charge in [0, 0.05) is 12.2 Å². The standard InChI is InChI=1S/C19H25NO2/c1-13(2)22-19-11-16(6-7-18(19)21-5)12-20-17-9-14(3)8-15(4)10-17/h6-11,13,20H,12H2,1-5H3. The number of anilines is 1. The smallest absolute Gasteiger partial charge is 0.161 e.